The molecule has 1 rings (SSSR count). The maximum absolute atomic E-state index is 4.88. The second kappa shape index (κ2) is 1.82. The lowest BCUT2D eigenvalue weighted by atomic mass is 10.3. The molecule has 0 bridgehead atoms. The normalized spacial score (nSPS) is 17.6. The molecule has 0 radical (unpaired) electrons. The van der Waals surface area contributed by atoms with E-state index in [9.17, 15) is 0 Å². The first-order valence-corrected chi connectivity index (χ1v) is 2.36. The van der Waals surface area contributed by atoms with Crippen molar-refractivity contribution in [2.45, 2.75) is 6.92 Å². The first-order chi connectivity index (χ1) is 3.80. The Kier molecular flexibility index (Phi) is 1.16. The minimum Gasteiger partial charge on any atom is -0.462 e. The number of aliphatic imine (C=N–C) groups is 1. The summed E-state index contributed by atoms with van der Waals surface area (Å²) in [5.41, 5.74) is 0.840. The zero-order valence-corrected chi connectivity index (χ0v) is 4.72. The van der Waals surface area contributed by atoms with Crippen LogP contribution in [0.5, 0.6) is 0 Å². The zero-order valence-electron chi connectivity index (χ0n) is 4.72. The van der Waals surface area contributed by atoms with Gasteiger partial charge >= 0.3 is 0 Å². The van der Waals surface area contributed by atoms with E-state index in [-0.39, 0.29) is 0 Å². The lowest BCUT2D eigenvalue weighted by Gasteiger charge is -2.05. The van der Waals surface area contributed by atoms with E-state index in [2.05, 4.69) is 11.6 Å². The molecule has 0 aromatic heterocycles. The average Bonchev–Trinajstić information content (AvgIpc) is 1.77. The number of hydrogen-bond donors (Lipinski definition) is 0. The quantitative estimate of drug-likeness (QED) is 0.461. The lowest BCUT2D eigenvalue weighted by molar-refractivity contribution is 0.373. The second-order valence-electron chi connectivity index (χ2n) is 1.54. The lowest BCUT2D eigenvalue weighted by Crippen LogP contribution is -1.99. The number of allylic oxidation sites excluding steroid dienone is 1. The molecule has 0 saturated heterocycles. The van der Waals surface area contributed by atoms with E-state index in [1.165, 1.54) is 6.26 Å². The predicted octanol–water partition coefficient (Wildman–Crippen LogP) is 1.46. The minimum absolute atomic E-state index is 0.632. The molecule has 0 unspecified atom stereocenters. The molecule has 0 N–H and O–H groups in total. The Bertz CT molecular complexity index is 167. The molecular weight excluding hydrogens is 102 g/mol. The summed E-state index contributed by atoms with van der Waals surface area (Å²) in [7, 11) is 0. The van der Waals surface area contributed by atoms with Gasteiger partial charge in [0, 0.05) is 0 Å². The number of nitrogens with zero attached hydrogens (tertiary/aromatic N) is 1. The highest BCUT2D eigenvalue weighted by atomic mass is 16.5. The summed E-state index contributed by atoms with van der Waals surface area (Å²) >= 11 is 0. The smallest absolute Gasteiger partial charge is 0.140 e. The number of ether oxygens (including phenoxy) is 1. The molecule has 0 aromatic carbocycles. The Hall–Kier alpha value is -1.05. The molecule has 0 aliphatic carbocycles. The molecule has 2 nitrogen and oxygen atoms in total. The molecule has 42 valence electrons. The first-order valence-electron chi connectivity index (χ1n) is 2.36. The van der Waals surface area contributed by atoms with E-state index in [0.717, 1.165) is 5.71 Å². The van der Waals surface area contributed by atoms with Gasteiger partial charge < -0.3 is 4.74 Å². The number of rotatable bonds is 0. The average molecular weight is 109 g/mol. The fraction of sp³-hybridized carbons (Fsp3) is 0.167. The summed E-state index contributed by atoms with van der Waals surface area (Å²) in [5.74, 6) is 0.632. The van der Waals surface area contributed by atoms with Crippen LogP contribution in [0.3, 0.4) is 0 Å². The molecule has 1 aliphatic heterocycles. The van der Waals surface area contributed by atoms with Crippen LogP contribution in [0.1, 0.15) is 6.92 Å². The van der Waals surface area contributed by atoms with Crippen molar-refractivity contribution < 1.29 is 4.74 Å². The molecule has 2 heteroatoms. The van der Waals surface area contributed by atoms with Crippen molar-refractivity contribution in [2.24, 2.45) is 4.99 Å². The maximum Gasteiger partial charge on any atom is 0.140 e. The highest BCUT2D eigenvalue weighted by molar-refractivity contribution is 5.96. The van der Waals surface area contributed by atoms with Crippen LogP contribution in [-0.4, -0.2) is 5.71 Å². The predicted molar refractivity (Wildman–Crippen MR) is 32.5 cm³/mol. The van der Waals surface area contributed by atoms with Gasteiger partial charge in [0.25, 0.3) is 0 Å². The van der Waals surface area contributed by atoms with Gasteiger partial charge in [-0.05, 0) is 6.92 Å². The van der Waals surface area contributed by atoms with Crippen LogP contribution in [-0.2, 0) is 4.74 Å². The van der Waals surface area contributed by atoms with E-state index in [0.29, 0.717) is 5.76 Å². The Balaban J connectivity index is 2.80. The van der Waals surface area contributed by atoms with Gasteiger partial charge in [-0.2, -0.15) is 0 Å². The fourth-order valence-electron chi connectivity index (χ4n) is 0.412. The Morgan fingerprint density at radius 2 is 2.50 bits per heavy atom. The summed E-state index contributed by atoms with van der Waals surface area (Å²) in [5, 5.41) is 0. The standard InChI is InChI=1S/C6H7NO/c1-5-6(2)8-4-3-7-5/h3-4H,2H2,1H3. The van der Waals surface area contributed by atoms with Crippen LogP contribution in [0.4, 0.5) is 0 Å². The Morgan fingerprint density at radius 1 is 1.75 bits per heavy atom. The van der Waals surface area contributed by atoms with Gasteiger partial charge in [0.15, 0.2) is 0 Å². The molecule has 0 atom stereocenters. The molecule has 8 heavy (non-hydrogen) atoms. The van der Waals surface area contributed by atoms with Crippen LogP contribution < -0.4 is 0 Å². The molecule has 1 aliphatic rings. The Labute approximate surface area is 48.2 Å². The molecule has 1 heterocycles. The van der Waals surface area contributed by atoms with E-state index in [1.54, 1.807) is 6.20 Å². The van der Waals surface area contributed by atoms with Crippen molar-refractivity contribution >= 4 is 5.71 Å². The van der Waals surface area contributed by atoms with Crippen LogP contribution >= 0.6 is 0 Å². The van der Waals surface area contributed by atoms with Gasteiger partial charge in [0.05, 0.1) is 11.9 Å². The molecule has 0 saturated carbocycles. The third kappa shape index (κ3) is 0.780. The summed E-state index contributed by atoms with van der Waals surface area (Å²) in [4.78, 5) is 3.92. The zero-order chi connectivity index (χ0) is 5.98. The van der Waals surface area contributed by atoms with Crippen LogP contribution in [0.15, 0.2) is 29.8 Å². The SMILES string of the molecule is C=C1OC=CN=C1C. The maximum atomic E-state index is 4.88. The molecule has 0 aromatic rings. The van der Waals surface area contributed by atoms with Gasteiger partial charge in [0.1, 0.15) is 12.0 Å². The van der Waals surface area contributed by atoms with Gasteiger partial charge in [-0.1, -0.05) is 6.58 Å². The third-order valence-corrected chi connectivity index (χ3v) is 0.943. The molecule has 0 spiro atoms. The highest BCUT2D eigenvalue weighted by Gasteiger charge is 1.98. The fourth-order valence-corrected chi connectivity index (χ4v) is 0.412. The summed E-state index contributed by atoms with van der Waals surface area (Å²) < 4.78 is 4.88. The first kappa shape index (κ1) is 5.09. The van der Waals surface area contributed by atoms with Crippen molar-refractivity contribution in [3.05, 3.63) is 24.8 Å². The van der Waals surface area contributed by atoms with Gasteiger partial charge in [-0.3, -0.25) is 4.99 Å². The van der Waals surface area contributed by atoms with Crippen LogP contribution in [0.25, 0.3) is 0 Å². The molecule has 0 fully saturated rings. The monoisotopic (exact) mass is 109 g/mol. The number of hydrogen-bond acceptors (Lipinski definition) is 2. The Morgan fingerprint density at radius 3 is 2.88 bits per heavy atom. The second-order valence-corrected chi connectivity index (χ2v) is 1.54. The van der Waals surface area contributed by atoms with E-state index in [4.69, 9.17) is 4.74 Å². The van der Waals surface area contributed by atoms with Gasteiger partial charge in [-0.25, -0.2) is 0 Å². The molecule has 0 amide bonds. The highest BCUT2D eigenvalue weighted by Crippen LogP contribution is 2.03. The van der Waals surface area contributed by atoms with E-state index < -0.39 is 0 Å². The van der Waals surface area contributed by atoms with Crippen LogP contribution in [0.2, 0.25) is 0 Å². The summed E-state index contributed by atoms with van der Waals surface area (Å²) in [6.07, 6.45) is 3.11. The van der Waals surface area contributed by atoms with Gasteiger partial charge in [-0.15, -0.1) is 0 Å². The molecular formula is C6H7NO. The van der Waals surface area contributed by atoms with Crippen LogP contribution in [0, 0.1) is 0 Å². The van der Waals surface area contributed by atoms with Crippen molar-refractivity contribution in [2.75, 3.05) is 0 Å². The largest absolute Gasteiger partial charge is 0.462 e. The third-order valence-electron chi connectivity index (χ3n) is 0.943. The van der Waals surface area contributed by atoms with Crippen molar-refractivity contribution in [3.63, 3.8) is 0 Å². The van der Waals surface area contributed by atoms with E-state index in [1.807, 2.05) is 6.92 Å². The van der Waals surface area contributed by atoms with Gasteiger partial charge in [0.2, 0.25) is 0 Å². The minimum atomic E-state index is 0.632. The van der Waals surface area contributed by atoms with E-state index >= 15 is 0 Å². The summed E-state index contributed by atoms with van der Waals surface area (Å²) in [6, 6.07) is 0. The van der Waals surface area contributed by atoms with Crippen molar-refractivity contribution in [1.82, 2.24) is 0 Å². The summed E-state index contributed by atoms with van der Waals surface area (Å²) in [6.45, 7) is 5.44. The topological polar surface area (TPSA) is 21.6 Å². The van der Waals surface area contributed by atoms with Crippen molar-refractivity contribution in [1.29, 1.82) is 0 Å². The van der Waals surface area contributed by atoms with Crippen molar-refractivity contribution in [3.8, 4) is 0 Å².